The number of carbonyl (C=O) groups is 2. The van der Waals surface area contributed by atoms with Crippen molar-refractivity contribution in [3.8, 4) is 0 Å². The van der Waals surface area contributed by atoms with Crippen LogP contribution in [-0.2, 0) is 14.3 Å². The Balaban J connectivity index is 2.30. The largest absolute Gasteiger partial charge is 0.465 e. The molecule has 1 aliphatic rings. The lowest BCUT2D eigenvalue weighted by atomic mass is 9.78. The second kappa shape index (κ2) is 5.63. The minimum atomic E-state index is -0.697. The molecule has 0 amide bonds. The summed E-state index contributed by atoms with van der Waals surface area (Å²) in [5, 5.41) is 0. The first-order valence-electron chi connectivity index (χ1n) is 6.16. The summed E-state index contributed by atoms with van der Waals surface area (Å²) < 4.78 is 5.01. The van der Waals surface area contributed by atoms with Crippen molar-refractivity contribution >= 4 is 11.8 Å². The molecule has 2 atom stereocenters. The maximum absolute atomic E-state index is 11.9. The number of rotatable bonds is 3. The van der Waals surface area contributed by atoms with E-state index in [1.807, 2.05) is 36.4 Å². The van der Waals surface area contributed by atoms with Crippen molar-refractivity contribution in [1.29, 1.82) is 0 Å². The number of hydrogen-bond acceptors (Lipinski definition) is 3. The predicted molar refractivity (Wildman–Crippen MR) is 68.1 cm³/mol. The first kappa shape index (κ1) is 12.6. The molecule has 1 aromatic rings. The van der Waals surface area contributed by atoms with E-state index in [4.69, 9.17) is 4.74 Å². The Kier molecular flexibility index (Phi) is 3.92. The first-order chi connectivity index (χ1) is 8.74. The quantitative estimate of drug-likeness (QED) is 0.606. The Hall–Kier alpha value is -1.90. The average molecular weight is 244 g/mol. The van der Waals surface area contributed by atoms with E-state index in [-0.39, 0.29) is 11.7 Å². The molecule has 0 unspecified atom stereocenters. The van der Waals surface area contributed by atoms with Gasteiger partial charge in [0, 0.05) is 5.92 Å². The van der Waals surface area contributed by atoms with Gasteiger partial charge in [0.05, 0.1) is 6.61 Å². The third-order valence-electron chi connectivity index (χ3n) is 3.15. The van der Waals surface area contributed by atoms with Crippen molar-refractivity contribution in [2.75, 3.05) is 6.61 Å². The van der Waals surface area contributed by atoms with E-state index in [0.29, 0.717) is 13.0 Å². The number of allylic oxidation sites excluding steroid dienone is 2. The molecular weight excluding hydrogens is 228 g/mol. The minimum Gasteiger partial charge on any atom is -0.465 e. The molecule has 18 heavy (non-hydrogen) atoms. The Morgan fingerprint density at radius 1 is 1.33 bits per heavy atom. The van der Waals surface area contributed by atoms with Gasteiger partial charge in [-0.1, -0.05) is 36.4 Å². The first-order valence-corrected chi connectivity index (χ1v) is 6.16. The molecule has 2 rings (SSSR count). The molecule has 0 bridgehead atoms. The molecule has 0 spiro atoms. The number of ether oxygens (including phenoxy) is 1. The van der Waals surface area contributed by atoms with Crippen LogP contribution in [0.25, 0.3) is 0 Å². The standard InChI is InChI=1S/C15H16O3/c1-2-18-15(17)14-12(9-6-10-13(14)16)11-7-4-3-5-8-11/h3-8,10,12,14H,2,9H2,1H3/t12-,14-/m1/s1. The summed E-state index contributed by atoms with van der Waals surface area (Å²) in [4.78, 5) is 23.8. The van der Waals surface area contributed by atoms with Gasteiger partial charge in [-0.05, 0) is 25.0 Å². The number of benzene rings is 1. The molecule has 94 valence electrons. The highest BCUT2D eigenvalue weighted by atomic mass is 16.5. The van der Waals surface area contributed by atoms with Gasteiger partial charge in [0.25, 0.3) is 0 Å². The minimum absolute atomic E-state index is 0.109. The van der Waals surface area contributed by atoms with Crippen LogP contribution in [0, 0.1) is 5.92 Å². The summed E-state index contributed by atoms with van der Waals surface area (Å²) in [6, 6.07) is 9.65. The van der Waals surface area contributed by atoms with E-state index >= 15 is 0 Å². The summed E-state index contributed by atoms with van der Waals surface area (Å²) >= 11 is 0. The van der Waals surface area contributed by atoms with Gasteiger partial charge >= 0.3 is 5.97 Å². The van der Waals surface area contributed by atoms with Crippen LogP contribution in [0.4, 0.5) is 0 Å². The van der Waals surface area contributed by atoms with Gasteiger partial charge in [-0.15, -0.1) is 0 Å². The summed E-state index contributed by atoms with van der Waals surface area (Å²) in [5.41, 5.74) is 1.01. The Bertz CT molecular complexity index is 462. The van der Waals surface area contributed by atoms with E-state index in [1.165, 1.54) is 6.08 Å². The lowest BCUT2D eigenvalue weighted by Gasteiger charge is -2.25. The SMILES string of the molecule is CCOC(=O)[C@H]1C(=O)C=CC[C@@H]1c1ccccc1. The fraction of sp³-hybridized carbons (Fsp3) is 0.333. The molecule has 0 aromatic heterocycles. The number of carbonyl (C=O) groups excluding carboxylic acids is 2. The Morgan fingerprint density at radius 2 is 2.06 bits per heavy atom. The highest BCUT2D eigenvalue weighted by molar-refractivity contribution is 6.06. The third kappa shape index (κ3) is 2.50. The summed E-state index contributed by atoms with van der Waals surface area (Å²) in [6.45, 7) is 2.05. The molecule has 0 radical (unpaired) electrons. The highest BCUT2D eigenvalue weighted by Gasteiger charge is 2.37. The van der Waals surface area contributed by atoms with Gasteiger partial charge in [-0.25, -0.2) is 0 Å². The van der Waals surface area contributed by atoms with Gasteiger partial charge in [-0.2, -0.15) is 0 Å². The maximum atomic E-state index is 11.9. The molecule has 1 aliphatic carbocycles. The van der Waals surface area contributed by atoms with E-state index < -0.39 is 11.9 Å². The second-order valence-corrected chi connectivity index (χ2v) is 4.29. The number of esters is 1. The van der Waals surface area contributed by atoms with Crippen LogP contribution in [-0.4, -0.2) is 18.4 Å². The number of hydrogen-bond donors (Lipinski definition) is 0. The Morgan fingerprint density at radius 3 is 2.72 bits per heavy atom. The van der Waals surface area contributed by atoms with Crippen molar-refractivity contribution < 1.29 is 14.3 Å². The van der Waals surface area contributed by atoms with Crippen LogP contribution in [0.5, 0.6) is 0 Å². The molecule has 0 aliphatic heterocycles. The maximum Gasteiger partial charge on any atom is 0.317 e. The topological polar surface area (TPSA) is 43.4 Å². The van der Waals surface area contributed by atoms with Crippen LogP contribution in [0.3, 0.4) is 0 Å². The zero-order valence-electron chi connectivity index (χ0n) is 10.3. The molecule has 0 N–H and O–H groups in total. The zero-order valence-corrected chi connectivity index (χ0v) is 10.3. The van der Waals surface area contributed by atoms with Crippen molar-refractivity contribution in [2.45, 2.75) is 19.3 Å². The lowest BCUT2D eigenvalue weighted by molar-refractivity contribution is -0.151. The molecule has 0 fully saturated rings. The average Bonchev–Trinajstić information content (AvgIpc) is 2.39. The van der Waals surface area contributed by atoms with Crippen molar-refractivity contribution in [3.63, 3.8) is 0 Å². The van der Waals surface area contributed by atoms with E-state index in [1.54, 1.807) is 6.92 Å². The third-order valence-corrected chi connectivity index (χ3v) is 3.15. The van der Waals surface area contributed by atoms with Gasteiger partial charge < -0.3 is 4.74 Å². The lowest BCUT2D eigenvalue weighted by Crippen LogP contribution is -2.32. The molecule has 1 aromatic carbocycles. The fourth-order valence-electron chi connectivity index (χ4n) is 2.31. The van der Waals surface area contributed by atoms with Gasteiger partial charge in [0.15, 0.2) is 5.78 Å². The molecule has 3 nitrogen and oxygen atoms in total. The van der Waals surface area contributed by atoms with E-state index in [2.05, 4.69) is 0 Å². The van der Waals surface area contributed by atoms with Crippen LogP contribution in [0.15, 0.2) is 42.5 Å². The zero-order chi connectivity index (χ0) is 13.0. The van der Waals surface area contributed by atoms with Crippen LogP contribution >= 0.6 is 0 Å². The number of ketones is 1. The van der Waals surface area contributed by atoms with Crippen molar-refractivity contribution in [3.05, 3.63) is 48.0 Å². The molecule has 0 saturated heterocycles. The molecule has 0 heterocycles. The van der Waals surface area contributed by atoms with Gasteiger partial charge in [-0.3, -0.25) is 9.59 Å². The highest BCUT2D eigenvalue weighted by Crippen LogP contribution is 2.33. The van der Waals surface area contributed by atoms with Gasteiger partial charge in [0.2, 0.25) is 0 Å². The van der Waals surface area contributed by atoms with Crippen molar-refractivity contribution in [2.24, 2.45) is 5.92 Å². The molecule has 0 saturated carbocycles. The van der Waals surface area contributed by atoms with E-state index in [0.717, 1.165) is 5.56 Å². The monoisotopic (exact) mass is 244 g/mol. The van der Waals surface area contributed by atoms with E-state index in [9.17, 15) is 9.59 Å². The van der Waals surface area contributed by atoms with Crippen molar-refractivity contribution in [1.82, 2.24) is 0 Å². The Labute approximate surface area is 106 Å². The summed E-state index contributed by atoms with van der Waals surface area (Å²) in [6.07, 6.45) is 4.01. The fourth-order valence-corrected chi connectivity index (χ4v) is 2.31. The summed E-state index contributed by atoms with van der Waals surface area (Å²) in [5.74, 6) is -1.38. The molecular formula is C15H16O3. The normalized spacial score (nSPS) is 22.8. The smallest absolute Gasteiger partial charge is 0.317 e. The predicted octanol–water partition coefficient (Wildman–Crippen LogP) is 2.48. The second-order valence-electron chi connectivity index (χ2n) is 4.29. The molecule has 3 heteroatoms. The van der Waals surface area contributed by atoms with Crippen LogP contribution < -0.4 is 0 Å². The van der Waals surface area contributed by atoms with Crippen LogP contribution in [0.2, 0.25) is 0 Å². The summed E-state index contributed by atoms with van der Waals surface area (Å²) in [7, 11) is 0. The van der Waals surface area contributed by atoms with Gasteiger partial charge in [0.1, 0.15) is 5.92 Å². The van der Waals surface area contributed by atoms with Crippen LogP contribution in [0.1, 0.15) is 24.8 Å².